The van der Waals surface area contributed by atoms with E-state index in [1.165, 1.54) is 38.5 Å². The van der Waals surface area contributed by atoms with Crippen LogP contribution in [0.3, 0.4) is 0 Å². The van der Waals surface area contributed by atoms with Crippen LogP contribution in [-0.4, -0.2) is 23.0 Å². The summed E-state index contributed by atoms with van der Waals surface area (Å²) in [6.07, 6.45) is 10.9. The molecular weight excluding hydrogens is 206 g/mol. The van der Waals surface area contributed by atoms with Crippen LogP contribution in [0.5, 0.6) is 0 Å². The smallest absolute Gasteiger partial charge is 0.0109 e. The molecule has 0 spiro atoms. The Hall–Kier alpha value is -0.300. The van der Waals surface area contributed by atoms with E-state index in [9.17, 15) is 0 Å². The number of allylic oxidation sites excluding steroid dienone is 2. The number of fused-ring (bicyclic) bond motifs is 1. The average molecular weight is 235 g/mol. The van der Waals surface area contributed by atoms with Crippen LogP contribution in [0.15, 0.2) is 11.6 Å². The van der Waals surface area contributed by atoms with Crippen molar-refractivity contribution in [2.45, 2.75) is 84.3 Å². The van der Waals surface area contributed by atoms with Crippen LogP contribution in [0.4, 0.5) is 0 Å². The van der Waals surface area contributed by atoms with E-state index < -0.39 is 0 Å². The molecule has 2 atom stereocenters. The van der Waals surface area contributed by atoms with Gasteiger partial charge in [0.15, 0.2) is 0 Å². The molecule has 1 saturated carbocycles. The maximum atomic E-state index is 2.74. The summed E-state index contributed by atoms with van der Waals surface area (Å²) in [4.78, 5) is 2.74. The zero-order valence-electron chi connectivity index (χ0n) is 12.1. The maximum absolute atomic E-state index is 2.74. The second-order valence-electron chi connectivity index (χ2n) is 6.47. The molecule has 0 saturated heterocycles. The first-order chi connectivity index (χ1) is 8.09. The molecule has 98 valence electrons. The molecule has 0 aliphatic heterocycles. The van der Waals surface area contributed by atoms with Crippen LogP contribution in [0.1, 0.15) is 66.2 Å². The zero-order chi connectivity index (χ0) is 12.4. The molecule has 1 heteroatoms. The molecule has 0 radical (unpaired) electrons. The number of rotatable bonds is 3. The normalized spacial score (nSPS) is 29.7. The van der Waals surface area contributed by atoms with Crippen LogP contribution >= 0.6 is 0 Å². The summed E-state index contributed by atoms with van der Waals surface area (Å²) in [6.45, 7) is 9.41. The summed E-state index contributed by atoms with van der Waals surface area (Å²) in [6, 6.07) is 2.21. The first-order valence-corrected chi connectivity index (χ1v) is 7.56. The predicted octanol–water partition coefficient (Wildman–Crippen LogP) is 4.38. The van der Waals surface area contributed by atoms with Gasteiger partial charge in [-0.1, -0.05) is 11.6 Å². The van der Waals surface area contributed by atoms with Crippen LogP contribution in [0, 0.1) is 5.92 Å². The lowest BCUT2D eigenvalue weighted by molar-refractivity contribution is 0.0794. The molecule has 0 aromatic carbocycles. The van der Waals surface area contributed by atoms with Crippen molar-refractivity contribution in [1.82, 2.24) is 4.90 Å². The van der Waals surface area contributed by atoms with Gasteiger partial charge in [-0.15, -0.1) is 0 Å². The van der Waals surface area contributed by atoms with Gasteiger partial charge in [-0.2, -0.15) is 0 Å². The van der Waals surface area contributed by atoms with Gasteiger partial charge in [0.2, 0.25) is 0 Å². The van der Waals surface area contributed by atoms with Gasteiger partial charge >= 0.3 is 0 Å². The van der Waals surface area contributed by atoms with E-state index in [1.807, 2.05) is 0 Å². The Labute approximate surface area is 107 Å². The highest BCUT2D eigenvalue weighted by Gasteiger charge is 2.32. The maximum Gasteiger partial charge on any atom is 0.0109 e. The highest BCUT2D eigenvalue weighted by Crippen LogP contribution is 2.39. The predicted molar refractivity (Wildman–Crippen MR) is 75.2 cm³/mol. The van der Waals surface area contributed by atoms with E-state index in [4.69, 9.17) is 0 Å². The fourth-order valence-electron chi connectivity index (χ4n) is 4.07. The first kappa shape index (κ1) is 13.1. The highest BCUT2D eigenvalue weighted by molar-refractivity contribution is 5.14. The van der Waals surface area contributed by atoms with Crippen molar-refractivity contribution in [3.05, 3.63) is 11.6 Å². The third kappa shape index (κ3) is 2.93. The Morgan fingerprint density at radius 3 is 2.47 bits per heavy atom. The molecule has 1 fully saturated rings. The number of nitrogens with zero attached hydrogens (tertiary/aromatic N) is 1. The first-order valence-electron chi connectivity index (χ1n) is 7.56. The minimum atomic E-state index is 0.689. The molecule has 0 amide bonds. The van der Waals surface area contributed by atoms with Gasteiger partial charge in [0.05, 0.1) is 0 Å². The third-order valence-corrected chi connectivity index (χ3v) is 4.62. The second-order valence-corrected chi connectivity index (χ2v) is 6.47. The molecule has 2 rings (SSSR count). The van der Waals surface area contributed by atoms with Crippen molar-refractivity contribution in [2.75, 3.05) is 0 Å². The Morgan fingerprint density at radius 1 is 1.12 bits per heavy atom. The van der Waals surface area contributed by atoms with Crippen molar-refractivity contribution in [3.63, 3.8) is 0 Å². The van der Waals surface area contributed by atoms with E-state index in [-0.39, 0.29) is 0 Å². The van der Waals surface area contributed by atoms with Crippen molar-refractivity contribution >= 4 is 0 Å². The van der Waals surface area contributed by atoms with Crippen LogP contribution in [0.2, 0.25) is 0 Å². The summed E-state index contributed by atoms with van der Waals surface area (Å²) < 4.78 is 0. The minimum absolute atomic E-state index is 0.689. The van der Waals surface area contributed by atoms with E-state index >= 15 is 0 Å². The summed E-state index contributed by atoms with van der Waals surface area (Å²) >= 11 is 0. The summed E-state index contributed by atoms with van der Waals surface area (Å²) in [5, 5.41) is 0. The molecule has 0 aromatic rings. The Morgan fingerprint density at radius 2 is 1.82 bits per heavy atom. The Balaban J connectivity index is 2.03. The van der Waals surface area contributed by atoms with Gasteiger partial charge in [0.25, 0.3) is 0 Å². The highest BCUT2D eigenvalue weighted by atomic mass is 15.2. The van der Waals surface area contributed by atoms with Crippen molar-refractivity contribution in [2.24, 2.45) is 5.92 Å². The lowest BCUT2D eigenvalue weighted by Gasteiger charge is -2.44. The van der Waals surface area contributed by atoms with Gasteiger partial charge < -0.3 is 0 Å². The lowest BCUT2D eigenvalue weighted by Crippen LogP contribution is -2.47. The van der Waals surface area contributed by atoms with Gasteiger partial charge in [-0.3, -0.25) is 4.90 Å². The molecule has 1 nitrogen and oxygen atoms in total. The Bertz CT molecular complexity index is 269. The SMILES string of the molecule is CC(C)N(C(C)C)C1CCC2=CCCCC2C1. The van der Waals surface area contributed by atoms with E-state index in [0.29, 0.717) is 12.1 Å². The third-order valence-electron chi connectivity index (χ3n) is 4.62. The van der Waals surface area contributed by atoms with Gasteiger partial charge in [0, 0.05) is 18.1 Å². The molecule has 2 aliphatic rings. The topological polar surface area (TPSA) is 3.24 Å². The summed E-state index contributed by atoms with van der Waals surface area (Å²) in [7, 11) is 0. The van der Waals surface area contributed by atoms with E-state index in [1.54, 1.807) is 5.57 Å². The Kier molecular flexibility index (Phi) is 4.30. The standard InChI is InChI=1S/C16H29N/c1-12(2)17(13(3)4)16-10-9-14-7-5-6-8-15(14)11-16/h7,12-13,15-16H,5-6,8-11H2,1-4H3. The van der Waals surface area contributed by atoms with Crippen molar-refractivity contribution < 1.29 is 0 Å². The number of hydrogen-bond donors (Lipinski definition) is 0. The monoisotopic (exact) mass is 235 g/mol. The average Bonchev–Trinajstić information content (AvgIpc) is 2.28. The molecule has 0 aromatic heterocycles. The van der Waals surface area contributed by atoms with Gasteiger partial charge in [-0.05, 0) is 72.1 Å². The molecule has 0 heterocycles. The molecule has 17 heavy (non-hydrogen) atoms. The van der Waals surface area contributed by atoms with Crippen LogP contribution in [-0.2, 0) is 0 Å². The van der Waals surface area contributed by atoms with Crippen molar-refractivity contribution in [3.8, 4) is 0 Å². The minimum Gasteiger partial charge on any atom is -0.296 e. The largest absolute Gasteiger partial charge is 0.296 e. The summed E-state index contributed by atoms with van der Waals surface area (Å²) in [5.74, 6) is 0.919. The van der Waals surface area contributed by atoms with E-state index in [2.05, 4.69) is 38.7 Å². The van der Waals surface area contributed by atoms with Gasteiger partial charge in [-0.25, -0.2) is 0 Å². The van der Waals surface area contributed by atoms with Crippen molar-refractivity contribution in [1.29, 1.82) is 0 Å². The molecule has 0 bridgehead atoms. The quantitative estimate of drug-likeness (QED) is 0.656. The second kappa shape index (κ2) is 5.56. The summed E-state index contributed by atoms with van der Waals surface area (Å²) in [5.41, 5.74) is 1.79. The van der Waals surface area contributed by atoms with Gasteiger partial charge in [0.1, 0.15) is 0 Å². The zero-order valence-corrected chi connectivity index (χ0v) is 12.1. The van der Waals surface area contributed by atoms with E-state index in [0.717, 1.165) is 12.0 Å². The molecule has 2 unspecified atom stereocenters. The fraction of sp³-hybridized carbons (Fsp3) is 0.875. The molecule has 2 aliphatic carbocycles. The van der Waals surface area contributed by atoms with Crippen LogP contribution < -0.4 is 0 Å². The lowest BCUT2D eigenvalue weighted by atomic mass is 9.75. The number of hydrogen-bond acceptors (Lipinski definition) is 1. The molecular formula is C16H29N. The van der Waals surface area contributed by atoms with Crippen LogP contribution in [0.25, 0.3) is 0 Å². The molecule has 0 N–H and O–H groups in total. The fourth-order valence-corrected chi connectivity index (χ4v) is 4.07.